The molecule has 0 radical (unpaired) electrons. The fourth-order valence-corrected chi connectivity index (χ4v) is 4.51. The quantitative estimate of drug-likeness (QED) is 0.558. The smallest absolute Gasteiger partial charge is 0.311 e. The van der Waals surface area contributed by atoms with E-state index in [1.54, 1.807) is 0 Å². The van der Waals surface area contributed by atoms with Crippen molar-refractivity contribution in [2.24, 2.45) is 5.92 Å². The van der Waals surface area contributed by atoms with Crippen LogP contribution >= 0.6 is 22.6 Å². The van der Waals surface area contributed by atoms with Crippen LogP contribution < -0.4 is 0 Å². The van der Waals surface area contributed by atoms with Crippen LogP contribution in [0.25, 0.3) is 0 Å². The van der Waals surface area contributed by atoms with Gasteiger partial charge in [-0.05, 0) is 80.4 Å². The lowest BCUT2D eigenvalue weighted by atomic mass is 9.76. The standard InChI is InChI=1S/C18H24INO2/c1-11(2)22-18(21)17-15(12-4-6-13(19)7-5-12)10-14-8-9-16(17)20(14)3/h4-7,11,14-17H,8-10H2,1-3H3/t14-,15-,16?,17?/m1/s1. The van der Waals surface area contributed by atoms with Crippen molar-refractivity contribution in [3.05, 3.63) is 33.4 Å². The third kappa shape index (κ3) is 3.04. The van der Waals surface area contributed by atoms with E-state index in [9.17, 15) is 4.79 Å². The molecule has 22 heavy (non-hydrogen) atoms. The van der Waals surface area contributed by atoms with Gasteiger partial charge >= 0.3 is 5.97 Å². The minimum Gasteiger partial charge on any atom is -0.463 e. The Morgan fingerprint density at radius 2 is 1.95 bits per heavy atom. The molecule has 2 aliphatic heterocycles. The lowest BCUT2D eigenvalue weighted by molar-refractivity contribution is -0.157. The van der Waals surface area contributed by atoms with Gasteiger partial charge in [-0.15, -0.1) is 0 Å². The average molecular weight is 413 g/mol. The van der Waals surface area contributed by atoms with Crippen LogP contribution in [-0.2, 0) is 9.53 Å². The molecule has 2 aliphatic rings. The van der Waals surface area contributed by atoms with E-state index in [1.165, 1.54) is 15.6 Å². The highest BCUT2D eigenvalue weighted by Crippen LogP contribution is 2.46. The second kappa shape index (κ2) is 6.48. The zero-order valence-electron chi connectivity index (χ0n) is 13.5. The Morgan fingerprint density at radius 3 is 2.59 bits per heavy atom. The summed E-state index contributed by atoms with van der Waals surface area (Å²) in [6.07, 6.45) is 3.33. The number of benzene rings is 1. The topological polar surface area (TPSA) is 29.5 Å². The van der Waals surface area contributed by atoms with Crippen molar-refractivity contribution >= 4 is 28.6 Å². The maximum absolute atomic E-state index is 12.7. The highest BCUT2D eigenvalue weighted by atomic mass is 127. The minimum atomic E-state index is -0.0469. The summed E-state index contributed by atoms with van der Waals surface area (Å²) in [4.78, 5) is 15.2. The fraction of sp³-hybridized carbons (Fsp3) is 0.611. The van der Waals surface area contributed by atoms with E-state index < -0.39 is 0 Å². The van der Waals surface area contributed by atoms with Gasteiger partial charge in [-0.3, -0.25) is 9.69 Å². The third-order valence-corrected chi connectivity index (χ3v) is 5.91. The van der Waals surface area contributed by atoms with Gasteiger partial charge < -0.3 is 4.74 Å². The molecule has 0 saturated carbocycles. The number of hydrogen-bond donors (Lipinski definition) is 0. The van der Waals surface area contributed by atoms with Crippen molar-refractivity contribution in [1.29, 1.82) is 0 Å². The molecule has 4 heteroatoms. The molecule has 4 atom stereocenters. The van der Waals surface area contributed by atoms with Gasteiger partial charge in [-0.25, -0.2) is 0 Å². The van der Waals surface area contributed by atoms with E-state index in [-0.39, 0.29) is 23.9 Å². The first-order chi connectivity index (χ1) is 10.5. The van der Waals surface area contributed by atoms with Gasteiger partial charge in [0.05, 0.1) is 12.0 Å². The minimum absolute atomic E-state index is 0.0178. The summed E-state index contributed by atoms with van der Waals surface area (Å²) in [7, 11) is 2.17. The highest BCUT2D eigenvalue weighted by Gasteiger charge is 2.49. The molecule has 0 aromatic heterocycles. The number of fused-ring (bicyclic) bond motifs is 2. The van der Waals surface area contributed by atoms with Gasteiger partial charge in [-0.1, -0.05) is 12.1 Å². The largest absolute Gasteiger partial charge is 0.463 e. The van der Waals surface area contributed by atoms with Gasteiger partial charge in [0.15, 0.2) is 0 Å². The molecule has 2 saturated heterocycles. The zero-order valence-corrected chi connectivity index (χ0v) is 15.6. The molecule has 0 amide bonds. The Bertz CT molecular complexity index is 543. The van der Waals surface area contributed by atoms with Crippen LogP contribution in [0, 0.1) is 9.49 Å². The number of ether oxygens (including phenoxy) is 1. The SMILES string of the molecule is CC(C)OC(=O)C1C2CC[C@H](C[C@@H]1c1ccc(I)cc1)N2C. The number of nitrogens with zero attached hydrogens (tertiary/aromatic N) is 1. The third-order valence-electron chi connectivity index (χ3n) is 5.19. The van der Waals surface area contributed by atoms with Crippen LogP contribution in [0.4, 0.5) is 0 Å². The molecule has 2 unspecified atom stereocenters. The molecule has 1 aromatic carbocycles. The second-order valence-corrected chi connectivity index (χ2v) is 8.11. The Morgan fingerprint density at radius 1 is 1.27 bits per heavy atom. The first-order valence-electron chi connectivity index (χ1n) is 8.15. The molecule has 2 bridgehead atoms. The van der Waals surface area contributed by atoms with Crippen LogP contribution in [0.1, 0.15) is 44.6 Å². The number of hydrogen-bond acceptors (Lipinski definition) is 3. The number of esters is 1. The summed E-state index contributed by atoms with van der Waals surface area (Å²) in [5.41, 5.74) is 1.29. The molecular formula is C18H24INO2. The van der Waals surface area contributed by atoms with Crippen LogP contribution in [0.15, 0.2) is 24.3 Å². The fourth-order valence-electron chi connectivity index (χ4n) is 4.15. The van der Waals surface area contributed by atoms with Crippen LogP contribution in [0.3, 0.4) is 0 Å². The molecule has 0 spiro atoms. The van der Waals surface area contributed by atoms with Crippen LogP contribution in [-0.4, -0.2) is 36.1 Å². The molecule has 3 nitrogen and oxygen atoms in total. The molecule has 2 fully saturated rings. The first kappa shape index (κ1) is 16.2. The average Bonchev–Trinajstić information content (AvgIpc) is 2.71. The summed E-state index contributed by atoms with van der Waals surface area (Å²) in [5, 5.41) is 0. The van der Waals surface area contributed by atoms with E-state index in [0.29, 0.717) is 12.1 Å². The van der Waals surface area contributed by atoms with Gasteiger partial charge in [0.25, 0.3) is 0 Å². The van der Waals surface area contributed by atoms with Crippen LogP contribution in [0.2, 0.25) is 0 Å². The van der Waals surface area contributed by atoms with Crippen LogP contribution in [0.5, 0.6) is 0 Å². The lowest BCUT2D eigenvalue weighted by Crippen LogP contribution is -2.49. The van der Waals surface area contributed by atoms with E-state index in [2.05, 4.69) is 58.8 Å². The van der Waals surface area contributed by atoms with Crippen molar-refractivity contribution in [1.82, 2.24) is 4.90 Å². The lowest BCUT2D eigenvalue weighted by Gasteiger charge is -2.42. The molecule has 0 aliphatic carbocycles. The number of rotatable bonds is 3. The van der Waals surface area contributed by atoms with Crippen molar-refractivity contribution in [3.63, 3.8) is 0 Å². The van der Waals surface area contributed by atoms with E-state index in [4.69, 9.17) is 4.74 Å². The number of carbonyl (C=O) groups is 1. The molecule has 1 aromatic rings. The van der Waals surface area contributed by atoms with E-state index in [1.807, 2.05) is 13.8 Å². The highest BCUT2D eigenvalue weighted by molar-refractivity contribution is 14.1. The molecule has 120 valence electrons. The number of piperidine rings is 1. The maximum Gasteiger partial charge on any atom is 0.311 e. The second-order valence-electron chi connectivity index (χ2n) is 6.87. The normalized spacial score (nSPS) is 31.5. The maximum atomic E-state index is 12.7. The summed E-state index contributed by atoms with van der Waals surface area (Å²) >= 11 is 2.33. The van der Waals surface area contributed by atoms with Gasteiger partial charge in [0.2, 0.25) is 0 Å². The summed E-state index contributed by atoms with van der Waals surface area (Å²) < 4.78 is 6.83. The molecule has 3 rings (SSSR count). The number of halogens is 1. The predicted molar refractivity (Wildman–Crippen MR) is 95.8 cm³/mol. The monoisotopic (exact) mass is 413 g/mol. The van der Waals surface area contributed by atoms with Gasteiger partial charge in [-0.2, -0.15) is 0 Å². The Hall–Kier alpha value is -0.620. The van der Waals surface area contributed by atoms with E-state index >= 15 is 0 Å². The van der Waals surface area contributed by atoms with Crippen molar-refractivity contribution in [2.45, 2.75) is 57.2 Å². The van der Waals surface area contributed by atoms with Crippen molar-refractivity contribution < 1.29 is 9.53 Å². The van der Waals surface area contributed by atoms with Gasteiger partial charge in [0, 0.05) is 21.6 Å². The summed E-state index contributed by atoms with van der Waals surface area (Å²) in [6, 6.07) is 9.59. The van der Waals surface area contributed by atoms with E-state index in [0.717, 1.165) is 12.8 Å². The Kier molecular flexibility index (Phi) is 4.78. The summed E-state index contributed by atoms with van der Waals surface area (Å²) in [5.74, 6) is 0.235. The molecule has 0 N–H and O–H groups in total. The van der Waals surface area contributed by atoms with Gasteiger partial charge in [0.1, 0.15) is 0 Å². The predicted octanol–water partition coefficient (Wildman–Crippen LogP) is 3.81. The molecular weight excluding hydrogens is 389 g/mol. The Balaban J connectivity index is 1.91. The zero-order chi connectivity index (χ0) is 15.9. The van der Waals surface area contributed by atoms with Crippen molar-refractivity contribution in [2.75, 3.05) is 7.05 Å². The number of carbonyl (C=O) groups excluding carboxylic acids is 1. The summed E-state index contributed by atoms with van der Waals surface area (Å²) in [6.45, 7) is 3.86. The Labute approximate surface area is 146 Å². The van der Waals surface area contributed by atoms with Crippen molar-refractivity contribution in [3.8, 4) is 0 Å². The first-order valence-corrected chi connectivity index (χ1v) is 9.23. The molecule has 2 heterocycles.